The number of carbonyl (C=O) groups is 2. The Labute approximate surface area is 196 Å². The number of aryl methyl sites for hydroxylation is 1. The number of thiophene rings is 1. The summed E-state index contributed by atoms with van der Waals surface area (Å²) in [6.45, 7) is 6.89. The maximum Gasteiger partial charge on any atom is 0.341 e. The molecular formula is C24H30BrNO4S. The monoisotopic (exact) mass is 507 g/mol. The van der Waals surface area contributed by atoms with Crippen molar-refractivity contribution in [3.05, 3.63) is 44.2 Å². The number of esters is 1. The molecule has 1 aliphatic carbocycles. The standard InChI is InChI=1S/C24H30BrNO4S/c1-4-16-9-11-19(18(25)14-16)30-12-6-7-21(27)26-23-22(24(28)29-5-2)17-10-8-15(3)13-20(17)31-23/h9,11,14-15H,4-8,10,12-13H2,1-3H3,(H,26,27). The molecule has 1 N–H and O–H groups in total. The number of ether oxygens (including phenoxy) is 2. The minimum atomic E-state index is -0.339. The van der Waals surface area contributed by atoms with Crippen LogP contribution in [0.5, 0.6) is 5.75 Å². The second-order valence-electron chi connectivity index (χ2n) is 7.89. The minimum absolute atomic E-state index is 0.110. The zero-order valence-electron chi connectivity index (χ0n) is 18.4. The maximum absolute atomic E-state index is 12.6. The zero-order valence-corrected chi connectivity index (χ0v) is 20.8. The molecule has 1 amide bonds. The van der Waals surface area contributed by atoms with Gasteiger partial charge in [-0.15, -0.1) is 11.3 Å². The average Bonchev–Trinajstić information content (AvgIpc) is 3.08. The molecule has 1 aromatic heterocycles. The van der Waals surface area contributed by atoms with Gasteiger partial charge in [-0.25, -0.2) is 4.79 Å². The molecule has 0 saturated heterocycles. The number of nitrogens with one attached hydrogen (secondary N) is 1. The van der Waals surface area contributed by atoms with Crippen LogP contribution < -0.4 is 10.1 Å². The predicted octanol–water partition coefficient (Wildman–Crippen LogP) is 6.17. The summed E-state index contributed by atoms with van der Waals surface area (Å²) in [5, 5.41) is 3.59. The van der Waals surface area contributed by atoms with Crippen molar-refractivity contribution in [2.75, 3.05) is 18.5 Å². The van der Waals surface area contributed by atoms with Crippen LogP contribution in [-0.4, -0.2) is 25.1 Å². The fourth-order valence-electron chi connectivity index (χ4n) is 3.74. The molecule has 1 aromatic carbocycles. The fraction of sp³-hybridized carbons (Fsp3) is 0.500. The Balaban J connectivity index is 1.58. The van der Waals surface area contributed by atoms with Gasteiger partial charge in [0.2, 0.25) is 5.91 Å². The lowest BCUT2D eigenvalue weighted by molar-refractivity contribution is -0.116. The van der Waals surface area contributed by atoms with Crippen LogP contribution in [-0.2, 0) is 28.8 Å². The number of benzene rings is 1. The second-order valence-corrected chi connectivity index (χ2v) is 9.85. The third kappa shape index (κ3) is 6.10. The van der Waals surface area contributed by atoms with Crippen molar-refractivity contribution in [2.45, 2.75) is 59.3 Å². The average molecular weight is 508 g/mol. The summed E-state index contributed by atoms with van der Waals surface area (Å²) in [7, 11) is 0. The fourth-order valence-corrected chi connectivity index (χ4v) is 5.70. The summed E-state index contributed by atoms with van der Waals surface area (Å²) < 4.78 is 12.0. The number of hydrogen-bond acceptors (Lipinski definition) is 5. The third-order valence-electron chi connectivity index (χ3n) is 5.45. The summed E-state index contributed by atoms with van der Waals surface area (Å²) in [5.74, 6) is 0.921. The Kier molecular flexibility index (Phi) is 8.55. The second kappa shape index (κ2) is 11.1. The molecule has 0 spiro atoms. The van der Waals surface area contributed by atoms with Gasteiger partial charge in [0.1, 0.15) is 10.8 Å². The Morgan fingerprint density at radius 2 is 2.10 bits per heavy atom. The summed E-state index contributed by atoms with van der Waals surface area (Å²) in [6.07, 6.45) is 4.74. The van der Waals surface area contributed by atoms with E-state index in [1.54, 1.807) is 6.92 Å². The van der Waals surface area contributed by atoms with Crippen LogP contribution >= 0.6 is 27.3 Å². The van der Waals surface area contributed by atoms with E-state index >= 15 is 0 Å². The molecule has 1 unspecified atom stereocenters. The van der Waals surface area contributed by atoms with E-state index in [4.69, 9.17) is 9.47 Å². The number of fused-ring (bicyclic) bond motifs is 1. The Morgan fingerprint density at radius 1 is 1.29 bits per heavy atom. The third-order valence-corrected chi connectivity index (χ3v) is 7.24. The van der Waals surface area contributed by atoms with Gasteiger partial charge in [0, 0.05) is 11.3 Å². The smallest absolute Gasteiger partial charge is 0.341 e. The van der Waals surface area contributed by atoms with Crippen LogP contribution in [0.25, 0.3) is 0 Å². The molecule has 0 radical (unpaired) electrons. The lowest BCUT2D eigenvalue weighted by atomic mass is 9.88. The van der Waals surface area contributed by atoms with Crippen molar-refractivity contribution in [1.29, 1.82) is 0 Å². The number of halogens is 1. The number of hydrogen-bond donors (Lipinski definition) is 1. The Bertz CT molecular complexity index is 940. The van der Waals surface area contributed by atoms with E-state index in [0.717, 1.165) is 41.5 Å². The van der Waals surface area contributed by atoms with Gasteiger partial charge >= 0.3 is 5.97 Å². The molecule has 168 valence electrons. The molecule has 5 nitrogen and oxygen atoms in total. The van der Waals surface area contributed by atoms with Gasteiger partial charge in [-0.2, -0.15) is 0 Å². The van der Waals surface area contributed by atoms with E-state index in [9.17, 15) is 9.59 Å². The quantitative estimate of drug-likeness (QED) is 0.325. The summed E-state index contributed by atoms with van der Waals surface area (Å²) in [6, 6.07) is 6.05. The summed E-state index contributed by atoms with van der Waals surface area (Å²) >= 11 is 5.05. The first-order chi connectivity index (χ1) is 14.9. The van der Waals surface area contributed by atoms with Gasteiger partial charge in [-0.3, -0.25) is 4.79 Å². The maximum atomic E-state index is 12.6. The number of rotatable bonds is 9. The van der Waals surface area contributed by atoms with E-state index in [1.165, 1.54) is 21.8 Å². The van der Waals surface area contributed by atoms with Gasteiger partial charge in [-0.05, 0) is 84.1 Å². The van der Waals surface area contributed by atoms with Crippen LogP contribution in [0.4, 0.5) is 5.00 Å². The van der Waals surface area contributed by atoms with Crippen molar-refractivity contribution >= 4 is 44.1 Å². The molecule has 0 saturated carbocycles. The topological polar surface area (TPSA) is 64.6 Å². The van der Waals surface area contributed by atoms with Crippen LogP contribution in [0, 0.1) is 5.92 Å². The van der Waals surface area contributed by atoms with Gasteiger partial charge in [0.15, 0.2) is 0 Å². The van der Waals surface area contributed by atoms with Crippen LogP contribution in [0.1, 0.15) is 66.4 Å². The Morgan fingerprint density at radius 3 is 2.81 bits per heavy atom. The lowest BCUT2D eigenvalue weighted by Gasteiger charge is -2.18. The van der Waals surface area contributed by atoms with Gasteiger partial charge in [0.25, 0.3) is 0 Å². The molecule has 1 heterocycles. The molecule has 1 atom stereocenters. The van der Waals surface area contributed by atoms with Gasteiger partial charge in [0.05, 0.1) is 23.2 Å². The first kappa shape index (κ1) is 23.8. The van der Waals surface area contributed by atoms with Crippen LogP contribution in [0.3, 0.4) is 0 Å². The van der Waals surface area contributed by atoms with Crippen molar-refractivity contribution in [3.8, 4) is 5.75 Å². The first-order valence-electron chi connectivity index (χ1n) is 11.0. The molecule has 7 heteroatoms. The minimum Gasteiger partial charge on any atom is -0.492 e. The predicted molar refractivity (Wildman–Crippen MR) is 128 cm³/mol. The molecule has 0 aliphatic heterocycles. The van der Waals surface area contributed by atoms with Crippen molar-refractivity contribution in [3.63, 3.8) is 0 Å². The number of anilines is 1. The largest absolute Gasteiger partial charge is 0.492 e. The lowest BCUT2D eigenvalue weighted by Crippen LogP contribution is -2.17. The highest BCUT2D eigenvalue weighted by molar-refractivity contribution is 9.10. The van der Waals surface area contributed by atoms with E-state index in [0.29, 0.717) is 42.5 Å². The first-order valence-corrected chi connectivity index (χ1v) is 12.6. The van der Waals surface area contributed by atoms with Crippen molar-refractivity contribution in [1.82, 2.24) is 0 Å². The zero-order chi connectivity index (χ0) is 22.4. The molecular weight excluding hydrogens is 478 g/mol. The van der Waals surface area contributed by atoms with E-state index in [1.807, 2.05) is 12.1 Å². The Hall–Kier alpha value is -1.86. The molecule has 31 heavy (non-hydrogen) atoms. The summed E-state index contributed by atoms with van der Waals surface area (Å²) in [5.41, 5.74) is 2.85. The SMILES string of the molecule is CCOC(=O)c1c(NC(=O)CCCOc2ccc(CC)cc2Br)sc2c1CCC(C)C2. The molecule has 3 rings (SSSR count). The normalized spacial score (nSPS) is 15.3. The highest BCUT2D eigenvalue weighted by Gasteiger charge is 2.29. The number of carbonyl (C=O) groups excluding carboxylic acids is 2. The number of amides is 1. The van der Waals surface area contributed by atoms with Crippen LogP contribution in [0.15, 0.2) is 22.7 Å². The summed E-state index contributed by atoms with van der Waals surface area (Å²) in [4.78, 5) is 26.3. The van der Waals surface area contributed by atoms with Crippen LogP contribution in [0.2, 0.25) is 0 Å². The highest BCUT2D eigenvalue weighted by atomic mass is 79.9. The van der Waals surface area contributed by atoms with E-state index in [-0.39, 0.29) is 11.9 Å². The molecule has 0 bridgehead atoms. The van der Waals surface area contributed by atoms with E-state index < -0.39 is 0 Å². The van der Waals surface area contributed by atoms with Gasteiger partial charge < -0.3 is 14.8 Å². The van der Waals surface area contributed by atoms with Crippen molar-refractivity contribution in [2.24, 2.45) is 5.92 Å². The molecule has 1 aliphatic rings. The van der Waals surface area contributed by atoms with Crippen molar-refractivity contribution < 1.29 is 19.1 Å². The molecule has 0 fully saturated rings. The van der Waals surface area contributed by atoms with Gasteiger partial charge in [-0.1, -0.05) is 19.9 Å². The molecule has 2 aromatic rings. The highest BCUT2D eigenvalue weighted by Crippen LogP contribution is 2.40. The van der Waals surface area contributed by atoms with E-state index in [2.05, 4.69) is 41.2 Å².